The molecule has 7 nitrogen and oxygen atoms in total. The third kappa shape index (κ3) is 2.89. The normalized spacial score (nSPS) is 33.9. The van der Waals surface area contributed by atoms with Crippen molar-refractivity contribution < 1.29 is 34.4 Å². The Hall–Kier alpha value is -2.41. The topological polar surface area (TPSA) is 121 Å². The molecule has 3 aliphatic rings. The van der Waals surface area contributed by atoms with Crippen molar-refractivity contribution in [3.8, 4) is 0 Å². The van der Waals surface area contributed by atoms with E-state index in [0.29, 0.717) is 25.7 Å². The first-order valence-electron chi connectivity index (χ1n) is 9.47. The van der Waals surface area contributed by atoms with Crippen LogP contribution in [0.2, 0.25) is 0 Å². The number of ketones is 2. The molecule has 1 saturated carbocycles. The third-order valence-corrected chi connectivity index (χ3v) is 6.44. The van der Waals surface area contributed by atoms with Crippen LogP contribution in [-0.2, 0) is 19.1 Å². The molecule has 0 saturated heterocycles. The van der Waals surface area contributed by atoms with Gasteiger partial charge in [0.25, 0.3) is 6.47 Å². The molecular weight excluding hydrogens is 364 g/mol. The Bertz CT molecular complexity index is 832. The number of aliphatic hydroxyl groups is 3. The number of Topliss-reactive ketones (excluding diaryl/α,β-unsaturated/α-hetero) is 1. The Morgan fingerprint density at radius 1 is 1.25 bits per heavy atom. The van der Waals surface area contributed by atoms with Crippen LogP contribution >= 0.6 is 0 Å². The Morgan fingerprint density at radius 3 is 2.54 bits per heavy atom. The summed E-state index contributed by atoms with van der Waals surface area (Å²) in [6.07, 6.45) is 2.17. The molecule has 4 atom stereocenters. The van der Waals surface area contributed by atoms with Gasteiger partial charge in [0.15, 0.2) is 11.5 Å². The lowest BCUT2D eigenvalue weighted by Gasteiger charge is -2.54. The lowest BCUT2D eigenvalue weighted by molar-refractivity contribution is -0.144. The minimum Gasteiger partial charge on any atom is -0.507 e. The van der Waals surface area contributed by atoms with Gasteiger partial charge < -0.3 is 20.1 Å². The standard InChI is InChI=1S/C21H26O7/c1-11(23)7-13-16(25)12-8-14(24)19-20(2,9-28-10-22)5-4-6-21(19,3)15(12)18(27)17(13)26/h8,10-11,19,23,25,27H,4-7,9H2,1-3H3. The maximum absolute atomic E-state index is 13.1. The number of hydrogen-bond donors (Lipinski definition) is 3. The highest BCUT2D eigenvalue weighted by molar-refractivity contribution is 6.12. The van der Waals surface area contributed by atoms with Gasteiger partial charge in [-0.15, -0.1) is 0 Å². The van der Waals surface area contributed by atoms with Crippen LogP contribution in [0, 0.1) is 16.7 Å². The predicted octanol–water partition coefficient (Wildman–Crippen LogP) is 2.46. The number of carbonyl (C=O) groups is 3. The van der Waals surface area contributed by atoms with Crippen molar-refractivity contribution in [1.82, 2.24) is 0 Å². The molecule has 4 unspecified atom stereocenters. The minimum absolute atomic E-state index is 0.0583. The summed E-state index contributed by atoms with van der Waals surface area (Å²) in [6.45, 7) is 5.56. The minimum atomic E-state index is -0.892. The Morgan fingerprint density at radius 2 is 1.93 bits per heavy atom. The maximum atomic E-state index is 13.1. The average Bonchev–Trinajstić information content (AvgIpc) is 2.60. The zero-order valence-corrected chi connectivity index (χ0v) is 16.3. The van der Waals surface area contributed by atoms with Crippen molar-refractivity contribution in [1.29, 1.82) is 0 Å². The van der Waals surface area contributed by atoms with Gasteiger partial charge in [-0.3, -0.25) is 14.4 Å². The summed E-state index contributed by atoms with van der Waals surface area (Å²) in [5, 5.41) is 31.1. The number of allylic oxidation sites excluding steroid dienone is 3. The van der Waals surface area contributed by atoms with E-state index in [0.717, 1.165) is 0 Å². The Balaban J connectivity index is 2.18. The fourth-order valence-corrected chi connectivity index (χ4v) is 5.43. The van der Waals surface area contributed by atoms with Gasteiger partial charge in [-0.1, -0.05) is 20.3 Å². The quantitative estimate of drug-likeness (QED) is 0.617. The average molecular weight is 390 g/mol. The monoisotopic (exact) mass is 390 g/mol. The van der Waals surface area contributed by atoms with E-state index in [1.165, 1.54) is 13.0 Å². The number of fused-ring (bicyclic) bond motifs is 3. The zero-order valence-electron chi connectivity index (χ0n) is 16.3. The molecule has 0 aliphatic heterocycles. The van der Waals surface area contributed by atoms with Crippen molar-refractivity contribution in [2.24, 2.45) is 16.7 Å². The molecule has 0 aromatic heterocycles. The zero-order chi connectivity index (χ0) is 20.9. The van der Waals surface area contributed by atoms with Crippen LogP contribution in [0.5, 0.6) is 0 Å². The SMILES string of the molecule is CC(O)CC1=C(O)C2=CC(=O)C3C(C)(COC=O)CCCC3(C)C2=C(O)C1=O. The molecule has 0 bridgehead atoms. The molecule has 3 N–H and O–H groups in total. The summed E-state index contributed by atoms with van der Waals surface area (Å²) >= 11 is 0. The van der Waals surface area contributed by atoms with E-state index in [-0.39, 0.29) is 41.3 Å². The summed E-state index contributed by atoms with van der Waals surface area (Å²) in [5.41, 5.74) is -1.21. The van der Waals surface area contributed by atoms with Crippen molar-refractivity contribution in [2.75, 3.05) is 6.61 Å². The van der Waals surface area contributed by atoms with Gasteiger partial charge in [-0.05, 0) is 25.8 Å². The van der Waals surface area contributed by atoms with Crippen molar-refractivity contribution in [3.05, 3.63) is 34.3 Å². The largest absolute Gasteiger partial charge is 0.507 e. The summed E-state index contributed by atoms with van der Waals surface area (Å²) in [7, 11) is 0. The molecule has 0 aromatic rings. The number of ether oxygens (including phenoxy) is 1. The first kappa shape index (κ1) is 20.3. The second kappa shape index (κ2) is 6.88. The summed E-state index contributed by atoms with van der Waals surface area (Å²) < 4.78 is 5.00. The summed E-state index contributed by atoms with van der Waals surface area (Å²) in [4.78, 5) is 36.6. The number of carbonyl (C=O) groups excluding carboxylic acids is 3. The van der Waals surface area contributed by atoms with Gasteiger partial charge in [-0.25, -0.2) is 0 Å². The van der Waals surface area contributed by atoms with E-state index in [4.69, 9.17) is 4.74 Å². The molecule has 152 valence electrons. The highest BCUT2D eigenvalue weighted by Crippen LogP contribution is 2.60. The maximum Gasteiger partial charge on any atom is 0.293 e. The molecule has 0 aromatic carbocycles. The fraction of sp³-hybridized carbons (Fsp3) is 0.571. The van der Waals surface area contributed by atoms with E-state index < -0.39 is 34.4 Å². The highest BCUT2D eigenvalue weighted by Gasteiger charge is 2.58. The second-order valence-electron chi connectivity index (χ2n) is 8.66. The molecule has 0 radical (unpaired) electrons. The smallest absolute Gasteiger partial charge is 0.293 e. The lowest BCUT2D eigenvalue weighted by atomic mass is 9.49. The van der Waals surface area contributed by atoms with Crippen LogP contribution in [0.25, 0.3) is 0 Å². The van der Waals surface area contributed by atoms with E-state index in [9.17, 15) is 29.7 Å². The van der Waals surface area contributed by atoms with Crippen LogP contribution in [-0.4, -0.2) is 46.1 Å². The molecule has 28 heavy (non-hydrogen) atoms. The fourth-order valence-electron chi connectivity index (χ4n) is 5.43. The summed E-state index contributed by atoms with van der Waals surface area (Å²) in [6, 6.07) is 0. The summed E-state index contributed by atoms with van der Waals surface area (Å²) in [5.74, 6) is -2.41. The molecular formula is C21H26O7. The van der Waals surface area contributed by atoms with Gasteiger partial charge in [0.05, 0.1) is 12.7 Å². The molecule has 0 spiro atoms. The van der Waals surface area contributed by atoms with E-state index >= 15 is 0 Å². The van der Waals surface area contributed by atoms with Gasteiger partial charge >= 0.3 is 0 Å². The number of rotatable bonds is 5. The number of hydrogen-bond acceptors (Lipinski definition) is 7. The second-order valence-corrected chi connectivity index (χ2v) is 8.66. The van der Waals surface area contributed by atoms with Gasteiger partial charge in [0.1, 0.15) is 5.76 Å². The first-order valence-corrected chi connectivity index (χ1v) is 9.47. The highest BCUT2D eigenvalue weighted by atomic mass is 16.5. The van der Waals surface area contributed by atoms with E-state index in [2.05, 4.69) is 0 Å². The molecule has 0 heterocycles. The predicted molar refractivity (Wildman–Crippen MR) is 99.3 cm³/mol. The molecule has 3 aliphatic carbocycles. The Labute approximate surface area is 163 Å². The van der Waals surface area contributed by atoms with Gasteiger partial charge in [-0.2, -0.15) is 0 Å². The van der Waals surface area contributed by atoms with Crippen LogP contribution in [0.1, 0.15) is 46.5 Å². The Kier molecular flexibility index (Phi) is 5.00. The molecule has 1 fully saturated rings. The molecule has 3 rings (SSSR count). The molecule has 7 heteroatoms. The van der Waals surface area contributed by atoms with E-state index in [1.807, 2.05) is 13.8 Å². The van der Waals surface area contributed by atoms with Crippen LogP contribution in [0.4, 0.5) is 0 Å². The van der Waals surface area contributed by atoms with Crippen LogP contribution in [0.3, 0.4) is 0 Å². The first-order chi connectivity index (χ1) is 13.1. The van der Waals surface area contributed by atoms with Crippen molar-refractivity contribution in [3.63, 3.8) is 0 Å². The van der Waals surface area contributed by atoms with Crippen LogP contribution < -0.4 is 0 Å². The van der Waals surface area contributed by atoms with E-state index in [1.54, 1.807) is 0 Å². The number of aliphatic hydroxyl groups excluding tert-OH is 3. The third-order valence-electron chi connectivity index (χ3n) is 6.44. The van der Waals surface area contributed by atoms with Crippen molar-refractivity contribution in [2.45, 2.75) is 52.6 Å². The van der Waals surface area contributed by atoms with Crippen molar-refractivity contribution >= 4 is 18.0 Å². The lowest BCUT2D eigenvalue weighted by Crippen LogP contribution is -2.53. The molecule has 0 amide bonds. The van der Waals surface area contributed by atoms with Gasteiger partial charge in [0.2, 0.25) is 5.78 Å². The van der Waals surface area contributed by atoms with Gasteiger partial charge in [0, 0.05) is 39.9 Å². The van der Waals surface area contributed by atoms with Crippen LogP contribution in [0.15, 0.2) is 34.3 Å².